The van der Waals surface area contributed by atoms with Crippen LogP contribution >= 0.6 is 22.9 Å². The van der Waals surface area contributed by atoms with Crippen LogP contribution in [0.2, 0.25) is 5.02 Å². The number of ether oxygens (including phenoxy) is 1. The van der Waals surface area contributed by atoms with Gasteiger partial charge in [-0.3, -0.25) is 0 Å². The second-order valence-electron chi connectivity index (χ2n) is 4.77. The van der Waals surface area contributed by atoms with Gasteiger partial charge in [-0.25, -0.2) is 4.98 Å². The van der Waals surface area contributed by atoms with Crippen molar-refractivity contribution in [3.8, 4) is 0 Å². The number of anilines is 1. The molecular weight excluding hydrogens is 306 g/mol. The SMILES string of the molecule is COCCNCc1csc(N(C)Cc2ccc(Cl)cc2)n1. The zero-order valence-electron chi connectivity index (χ0n) is 12.3. The normalized spacial score (nSPS) is 10.8. The van der Waals surface area contributed by atoms with Crippen molar-refractivity contribution in [3.05, 3.63) is 45.9 Å². The minimum absolute atomic E-state index is 0.716. The first-order chi connectivity index (χ1) is 10.2. The Kier molecular flexibility index (Phi) is 6.45. The molecule has 2 aromatic rings. The first-order valence-corrected chi connectivity index (χ1v) is 8.04. The van der Waals surface area contributed by atoms with Gasteiger partial charge >= 0.3 is 0 Å². The molecule has 0 amide bonds. The Hall–Kier alpha value is -1.14. The smallest absolute Gasteiger partial charge is 0.185 e. The van der Waals surface area contributed by atoms with Crippen molar-refractivity contribution in [1.82, 2.24) is 10.3 Å². The highest BCUT2D eigenvalue weighted by Crippen LogP contribution is 2.21. The fourth-order valence-corrected chi connectivity index (χ4v) is 2.79. The lowest BCUT2D eigenvalue weighted by molar-refractivity contribution is 0.199. The maximum atomic E-state index is 5.90. The van der Waals surface area contributed by atoms with E-state index in [1.807, 2.05) is 24.3 Å². The molecule has 0 atom stereocenters. The van der Waals surface area contributed by atoms with Crippen molar-refractivity contribution in [3.63, 3.8) is 0 Å². The van der Waals surface area contributed by atoms with E-state index in [1.54, 1.807) is 18.4 Å². The fourth-order valence-electron chi connectivity index (χ4n) is 1.87. The molecule has 6 heteroatoms. The van der Waals surface area contributed by atoms with Gasteiger partial charge in [0, 0.05) is 44.2 Å². The number of thiazole rings is 1. The highest BCUT2D eigenvalue weighted by molar-refractivity contribution is 7.13. The van der Waals surface area contributed by atoms with Crippen molar-refractivity contribution >= 4 is 28.1 Å². The summed E-state index contributed by atoms with van der Waals surface area (Å²) in [4.78, 5) is 6.78. The summed E-state index contributed by atoms with van der Waals surface area (Å²) in [5, 5.41) is 7.17. The predicted molar refractivity (Wildman–Crippen MR) is 89.3 cm³/mol. The van der Waals surface area contributed by atoms with Crippen LogP contribution in [0.25, 0.3) is 0 Å². The molecule has 0 aliphatic rings. The molecule has 1 N–H and O–H groups in total. The molecule has 114 valence electrons. The lowest BCUT2D eigenvalue weighted by atomic mass is 10.2. The predicted octanol–water partition coefficient (Wildman–Crippen LogP) is 3.17. The molecule has 0 fully saturated rings. The zero-order chi connectivity index (χ0) is 15.1. The average molecular weight is 326 g/mol. The highest BCUT2D eigenvalue weighted by Gasteiger charge is 2.07. The van der Waals surface area contributed by atoms with Gasteiger partial charge in [-0.15, -0.1) is 11.3 Å². The van der Waals surface area contributed by atoms with E-state index in [0.717, 1.165) is 35.5 Å². The standard InChI is InChI=1S/C15H20ClN3OS/c1-19(10-12-3-5-13(16)6-4-12)15-18-14(11-21-15)9-17-7-8-20-2/h3-6,11,17H,7-10H2,1-2H3. The summed E-state index contributed by atoms with van der Waals surface area (Å²) in [6.45, 7) is 3.15. The van der Waals surface area contributed by atoms with Gasteiger partial charge in [0.1, 0.15) is 0 Å². The Bertz CT molecular complexity index is 544. The minimum Gasteiger partial charge on any atom is -0.383 e. The molecular formula is C15H20ClN3OS. The fraction of sp³-hybridized carbons (Fsp3) is 0.400. The second kappa shape index (κ2) is 8.34. The molecule has 0 unspecified atom stereocenters. The third-order valence-corrected chi connectivity index (χ3v) is 4.24. The molecule has 1 aromatic heterocycles. The number of methoxy groups -OCH3 is 1. The number of hydrogen-bond donors (Lipinski definition) is 1. The number of halogens is 1. The number of aromatic nitrogens is 1. The van der Waals surface area contributed by atoms with Gasteiger partial charge in [-0.05, 0) is 17.7 Å². The van der Waals surface area contributed by atoms with Crippen molar-refractivity contribution in [1.29, 1.82) is 0 Å². The third-order valence-electron chi connectivity index (χ3n) is 2.99. The van der Waals surface area contributed by atoms with E-state index < -0.39 is 0 Å². The minimum atomic E-state index is 0.716. The lowest BCUT2D eigenvalue weighted by Gasteiger charge is -2.15. The van der Waals surface area contributed by atoms with E-state index >= 15 is 0 Å². The molecule has 1 heterocycles. The Balaban J connectivity index is 1.86. The average Bonchev–Trinajstić information content (AvgIpc) is 2.95. The van der Waals surface area contributed by atoms with Crippen LogP contribution < -0.4 is 10.2 Å². The first-order valence-electron chi connectivity index (χ1n) is 6.78. The number of benzene rings is 1. The summed E-state index contributed by atoms with van der Waals surface area (Å²) in [5.74, 6) is 0. The summed E-state index contributed by atoms with van der Waals surface area (Å²) in [6, 6.07) is 7.91. The molecule has 0 spiro atoms. The van der Waals surface area contributed by atoms with E-state index in [-0.39, 0.29) is 0 Å². The molecule has 21 heavy (non-hydrogen) atoms. The van der Waals surface area contributed by atoms with Gasteiger partial charge in [-0.2, -0.15) is 0 Å². The molecule has 0 saturated heterocycles. The third kappa shape index (κ3) is 5.28. The van der Waals surface area contributed by atoms with Crippen LogP contribution in [0.15, 0.2) is 29.6 Å². The molecule has 2 rings (SSSR count). The van der Waals surface area contributed by atoms with Crippen LogP contribution in [-0.2, 0) is 17.8 Å². The number of nitrogens with one attached hydrogen (secondary N) is 1. The van der Waals surface area contributed by atoms with Crippen molar-refractivity contribution in [2.45, 2.75) is 13.1 Å². The van der Waals surface area contributed by atoms with Crippen LogP contribution in [0.3, 0.4) is 0 Å². The maximum Gasteiger partial charge on any atom is 0.185 e. The quantitative estimate of drug-likeness (QED) is 0.756. The number of rotatable bonds is 8. The lowest BCUT2D eigenvalue weighted by Crippen LogP contribution is -2.19. The summed E-state index contributed by atoms with van der Waals surface area (Å²) >= 11 is 7.56. The van der Waals surface area contributed by atoms with Gasteiger partial charge < -0.3 is 15.0 Å². The summed E-state index contributed by atoms with van der Waals surface area (Å²) in [7, 11) is 3.75. The van der Waals surface area contributed by atoms with Crippen LogP contribution in [0.1, 0.15) is 11.3 Å². The van der Waals surface area contributed by atoms with E-state index in [0.29, 0.717) is 6.61 Å². The largest absolute Gasteiger partial charge is 0.383 e. The maximum absolute atomic E-state index is 5.90. The summed E-state index contributed by atoms with van der Waals surface area (Å²) in [5.41, 5.74) is 2.28. The van der Waals surface area contributed by atoms with Crippen LogP contribution in [-0.4, -0.2) is 32.3 Å². The van der Waals surface area contributed by atoms with Crippen molar-refractivity contribution < 1.29 is 4.74 Å². The summed E-state index contributed by atoms with van der Waals surface area (Å²) < 4.78 is 5.00. The van der Waals surface area contributed by atoms with Crippen LogP contribution in [0, 0.1) is 0 Å². The molecule has 0 saturated carbocycles. The molecule has 4 nitrogen and oxygen atoms in total. The Labute approximate surface area is 134 Å². The summed E-state index contributed by atoms with van der Waals surface area (Å²) in [6.07, 6.45) is 0. The Morgan fingerprint density at radius 1 is 1.33 bits per heavy atom. The van der Waals surface area contributed by atoms with Gasteiger partial charge in [0.05, 0.1) is 12.3 Å². The zero-order valence-corrected chi connectivity index (χ0v) is 13.9. The van der Waals surface area contributed by atoms with E-state index in [9.17, 15) is 0 Å². The Morgan fingerprint density at radius 3 is 2.81 bits per heavy atom. The molecule has 0 bridgehead atoms. The molecule has 1 aromatic carbocycles. The van der Waals surface area contributed by atoms with Gasteiger partial charge in [0.2, 0.25) is 0 Å². The van der Waals surface area contributed by atoms with Gasteiger partial charge in [-0.1, -0.05) is 23.7 Å². The number of hydrogen-bond acceptors (Lipinski definition) is 5. The van der Waals surface area contributed by atoms with Crippen LogP contribution in [0.5, 0.6) is 0 Å². The van der Waals surface area contributed by atoms with Gasteiger partial charge in [0.25, 0.3) is 0 Å². The molecule has 0 radical (unpaired) electrons. The van der Waals surface area contributed by atoms with Gasteiger partial charge in [0.15, 0.2) is 5.13 Å². The molecule has 0 aliphatic carbocycles. The second-order valence-corrected chi connectivity index (χ2v) is 6.05. The topological polar surface area (TPSA) is 37.4 Å². The van der Waals surface area contributed by atoms with Crippen LogP contribution in [0.4, 0.5) is 5.13 Å². The van der Waals surface area contributed by atoms with E-state index in [4.69, 9.17) is 16.3 Å². The molecule has 0 aliphatic heterocycles. The van der Waals surface area contributed by atoms with E-state index in [1.165, 1.54) is 5.56 Å². The number of nitrogens with zero attached hydrogens (tertiary/aromatic N) is 2. The Morgan fingerprint density at radius 2 is 2.10 bits per heavy atom. The van der Waals surface area contributed by atoms with Crippen molar-refractivity contribution in [2.24, 2.45) is 0 Å². The van der Waals surface area contributed by atoms with E-state index in [2.05, 4.69) is 27.6 Å². The monoisotopic (exact) mass is 325 g/mol. The first kappa shape index (κ1) is 16.2. The highest BCUT2D eigenvalue weighted by atomic mass is 35.5. The van der Waals surface area contributed by atoms with Crippen molar-refractivity contribution in [2.75, 3.05) is 32.2 Å².